The average molecular weight is 382 g/mol. The van der Waals surface area contributed by atoms with E-state index in [1.807, 2.05) is 6.92 Å². The maximum atomic E-state index is 13.3. The molecule has 0 fully saturated rings. The smallest absolute Gasteiger partial charge is 0.261 e. The molecule has 2 unspecified atom stereocenters. The molecule has 2 aromatic rings. The molecule has 2 aromatic carbocycles. The number of carbonyl (C=O) groups is 1. The topological polar surface area (TPSA) is 38.3 Å². The monoisotopic (exact) mass is 381 g/mol. The normalized spacial score (nSPS) is 17.0. The number of hydrogen-bond acceptors (Lipinski definition) is 2. The molecule has 0 saturated heterocycles. The van der Waals surface area contributed by atoms with Crippen LogP contribution in [0.1, 0.15) is 36.9 Å². The first-order chi connectivity index (χ1) is 12.0. The Bertz CT molecular complexity index is 797. The van der Waals surface area contributed by atoms with Crippen LogP contribution in [0.2, 0.25) is 10.0 Å². The van der Waals surface area contributed by atoms with E-state index in [1.165, 1.54) is 12.1 Å². The van der Waals surface area contributed by atoms with Crippen molar-refractivity contribution in [3.05, 3.63) is 63.4 Å². The summed E-state index contributed by atoms with van der Waals surface area (Å²) in [5.41, 5.74) is 1.91. The van der Waals surface area contributed by atoms with Gasteiger partial charge in [0.2, 0.25) is 0 Å². The predicted molar refractivity (Wildman–Crippen MR) is 96.8 cm³/mol. The number of aryl methyl sites for hydroxylation is 1. The van der Waals surface area contributed by atoms with E-state index in [2.05, 4.69) is 5.32 Å². The molecule has 3 nitrogen and oxygen atoms in total. The molecule has 1 N–H and O–H groups in total. The zero-order chi connectivity index (χ0) is 18.0. The number of halogens is 3. The van der Waals surface area contributed by atoms with E-state index in [4.69, 9.17) is 27.9 Å². The average Bonchev–Trinajstić information content (AvgIpc) is 2.96. The van der Waals surface area contributed by atoms with Crippen LogP contribution in [-0.2, 0) is 11.2 Å². The molecule has 132 valence electrons. The fraction of sp³-hybridized carbons (Fsp3) is 0.316. The highest BCUT2D eigenvalue weighted by atomic mass is 35.5. The summed E-state index contributed by atoms with van der Waals surface area (Å²) >= 11 is 12.0. The Morgan fingerprint density at radius 2 is 2.12 bits per heavy atom. The highest BCUT2D eigenvalue weighted by Crippen LogP contribution is 2.32. The SMILES string of the molecule is CCC(Oc1ccc(Cl)cc1Cl)C(=O)NC1CCc2cc(F)ccc21. The fourth-order valence-corrected chi connectivity index (χ4v) is 3.50. The molecular formula is C19H18Cl2FNO2. The molecular weight excluding hydrogens is 364 g/mol. The molecule has 1 aliphatic carbocycles. The zero-order valence-corrected chi connectivity index (χ0v) is 15.2. The second-order valence-corrected chi connectivity index (χ2v) is 6.88. The lowest BCUT2D eigenvalue weighted by Gasteiger charge is -2.21. The van der Waals surface area contributed by atoms with Gasteiger partial charge in [-0.05, 0) is 60.7 Å². The maximum absolute atomic E-state index is 13.3. The summed E-state index contributed by atoms with van der Waals surface area (Å²) in [5, 5.41) is 3.87. The van der Waals surface area contributed by atoms with Crippen molar-refractivity contribution in [1.29, 1.82) is 0 Å². The lowest BCUT2D eigenvalue weighted by molar-refractivity contribution is -0.128. The minimum Gasteiger partial charge on any atom is -0.479 e. The number of carbonyl (C=O) groups excluding carboxylic acids is 1. The lowest BCUT2D eigenvalue weighted by Crippen LogP contribution is -2.39. The first-order valence-electron chi connectivity index (χ1n) is 8.18. The van der Waals surface area contributed by atoms with Crippen molar-refractivity contribution in [2.45, 2.75) is 38.3 Å². The van der Waals surface area contributed by atoms with Crippen molar-refractivity contribution < 1.29 is 13.9 Å². The zero-order valence-electron chi connectivity index (χ0n) is 13.7. The number of benzene rings is 2. The van der Waals surface area contributed by atoms with E-state index >= 15 is 0 Å². The molecule has 0 bridgehead atoms. The summed E-state index contributed by atoms with van der Waals surface area (Å²) in [6.07, 6.45) is 1.33. The first-order valence-corrected chi connectivity index (χ1v) is 8.94. The Hall–Kier alpha value is -1.78. The summed E-state index contributed by atoms with van der Waals surface area (Å²) in [6.45, 7) is 1.87. The molecule has 3 rings (SSSR count). The van der Waals surface area contributed by atoms with Gasteiger partial charge < -0.3 is 10.1 Å². The minimum absolute atomic E-state index is 0.124. The van der Waals surface area contributed by atoms with E-state index in [1.54, 1.807) is 24.3 Å². The molecule has 0 radical (unpaired) electrons. The van der Waals surface area contributed by atoms with E-state index in [0.717, 1.165) is 24.0 Å². The number of fused-ring (bicyclic) bond motifs is 1. The van der Waals surface area contributed by atoms with Crippen LogP contribution in [0.3, 0.4) is 0 Å². The van der Waals surface area contributed by atoms with Gasteiger partial charge in [-0.2, -0.15) is 0 Å². The number of hydrogen-bond donors (Lipinski definition) is 1. The van der Waals surface area contributed by atoms with Gasteiger partial charge in [0.1, 0.15) is 11.6 Å². The molecule has 25 heavy (non-hydrogen) atoms. The van der Waals surface area contributed by atoms with Crippen molar-refractivity contribution in [3.8, 4) is 5.75 Å². The summed E-state index contributed by atoms with van der Waals surface area (Å²) in [4.78, 5) is 12.6. The van der Waals surface area contributed by atoms with Crippen LogP contribution in [-0.4, -0.2) is 12.0 Å². The van der Waals surface area contributed by atoms with Crippen LogP contribution < -0.4 is 10.1 Å². The van der Waals surface area contributed by atoms with E-state index in [-0.39, 0.29) is 17.8 Å². The first kappa shape index (κ1) is 18.0. The van der Waals surface area contributed by atoms with Gasteiger partial charge in [0.05, 0.1) is 11.1 Å². The van der Waals surface area contributed by atoms with E-state index in [0.29, 0.717) is 22.2 Å². The number of rotatable bonds is 5. The second-order valence-electron chi connectivity index (χ2n) is 6.03. The molecule has 1 amide bonds. The van der Waals surface area contributed by atoms with Crippen molar-refractivity contribution in [2.24, 2.45) is 0 Å². The van der Waals surface area contributed by atoms with Crippen LogP contribution >= 0.6 is 23.2 Å². The highest BCUT2D eigenvalue weighted by molar-refractivity contribution is 6.35. The molecule has 0 spiro atoms. The van der Waals surface area contributed by atoms with Crippen LogP contribution in [0, 0.1) is 5.82 Å². The van der Waals surface area contributed by atoms with Gasteiger partial charge in [0.25, 0.3) is 5.91 Å². The van der Waals surface area contributed by atoms with Crippen LogP contribution in [0.25, 0.3) is 0 Å². The van der Waals surface area contributed by atoms with Crippen molar-refractivity contribution in [2.75, 3.05) is 0 Å². The molecule has 0 aromatic heterocycles. The number of ether oxygens (including phenoxy) is 1. The molecule has 2 atom stereocenters. The van der Waals surface area contributed by atoms with Gasteiger partial charge in [0.15, 0.2) is 6.10 Å². The third-order valence-electron chi connectivity index (χ3n) is 4.33. The quantitative estimate of drug-likeness (QED) is 0.782. The van der Waals surface area contributed by atoms with Gasteiger partial charge in [-0.25, -0.2) is 4.39 Å². The Kier molecular flexibility index (Phi) is 5.50. The Morgan fingerprint density at radius 1 is 1.32 bits per heavy atom. The van der Waals surface area contributed by atoms with Crippen LogP contribution in [0.4, 0.5) is 4.39 Å². The molecule has 6 heteroatoms. The maximum Gasteiger partial charge on any atom is 0.261 e. The van der Waals surface area contributed by atoms with Gasteiger partial charge >= 0.3 is 0 Å². The summed E-state index contributed by atoms with van der Waals surface area (Å²) in [7, 11) is 0. The summed E-state index contributed by atoms with van der Waals surface area (Å²) < 4.78 is 19.1. The van der Waals surface area contributed by atoms with Crippen LogP contribution in [0.5, 0.6) is 5.75 Å². The second kappa shape index (κ2) is 7.63. The lowest BCUT2D eigenvalue weighted by atomic mass is 10.1. The van der Waals surface area contributed by atoms with Gasteiger partial charge in [-0.1, -0.05) is 36.2 Å². The van der Waals surface area contributed by atoms with Crippen molar-refractivity contribution in [3.63, 3.8) is 0 Å². The van der Waals surface area contributed by atoms with Gasteiger partial charge in [-0.15, -0.1) is 0 Å². The summed E-state index contributed by atoms with van der Waals surface area (Å²) in [5.74, 6) is -0.0458. The predicted octanol–water partition coefficient (Wildman–Crippen LogP) is 5.09. The fourth-order valence-electron chi connectivity index (χ4n) is 3.05. The third kappa shape index (κ3) is 4.07. The van der Waals surface area contributed by atoms with Gasteiger partial charge in [-0.3, -0.25) is 4.79 Å². The minimum atomic E-state index is -0.664. The van der Waals surface area contributed by atoms with Gasteiger partial charge in [0, 0.05) is 5.02 Å². The molecule has 1 aliphatic rings. The Morgan fingerprint density at radius 3 is 2.84 bits per heavy atom. The largest absolute Gasteiger partial charge is 0.479 e. The number of amides is 1. The molecule has 0 saturated carbocycles. The highest BCUT2D eigenvalue weighted by Gasteiger charge is 2.28. The Labute approximate surface area is 156 Å². The van der Waals surface area contributed by atoms with E-state index < -0.39 is 6.10 Å². The number of nitrogens with one attached hydrogen (secondary N) is 1. The summed E-state index contributed by atoms with van der Waals surface area (Å²) in [6, 6.07) is 9.45. The molecule has 0 heterocycles. The standard InChI is InChI=1S/C19H18Cl2FNO2/c1-2-17(25-18-8-4-12(20)10-15(18)21)19(24)23-16-7-3-11-9-13(22)5-6-14(11)16/h4-6,8-10,16-17H,2-3,7H2,1H3,(H,23,24). The molecule has 0 aliphatic heterocycles. The van der Waals surface area contributed by atoms with Crippen molar-refractivity contribution in [1.82, 2.24) is 5.32 Å². The van der Waals surface area contributed by atoms with E-state index in [9.17, 15) is 9.18 Å². The Balaban J connectivity index is 1.69. The van der Waals surface area contributed by atoms with Crippen molar-refractivity contribution >= 4 is 29.1 Å². The third-order valence-corrected chi connectivity index (χ3v) is 4.86. The van der Waals surface area contributed by atoms with Crippen LogP contribution in [0.15, 0.2) is 36.4 Å².